The summed E-state index contributed by atoms with van der Waals surface area (Å²) in [6, 6.07) is 2.27. The maximum atomic E-state index is 13.5. The Kier molecular flexibility index (Phi) is 5.45. The van der Waals surface area contributed by atoms with Gasteiger partial charge in [0.25, 0.3) is 0 Å². The van der Waals surface area contributed by atoms with Gasteiger partial charge < -0.3 is 15.0 Å². The predicted molar refractivity (Wildman–Crippen MR) is 108 cm³/mol. The third kappa shape index (κ3) is 4.00. The quantitative estimate of drug-likeness (QED) is 0.760. The summed E-state index contributed by atoms with van der Waals surface area (Å²) in [6.45, 7) is 10.5. The second-order valence-corrected chi connectivity index (χ2v) is 9.82. The lowest BCUT2D eigenvalue weighted by Crippen LogP contribution is -2.58. The van der Waals surface area contributed by atoms with Gasteiger partial charge in [-0.1, -0.05) is 40.7 Å². The van der Waals surface area contributed by atoms with Crippen molar-refractivity contribution in [1.29, 1.82) is 0 Å². The van der Waals surface area contributed by atoms with E-state index >= 15 is 0 Å². The van der Waals surface area contributed by atoms with E-state index in [0.29, 0.717) is 6.54 Å². The van der Waals surface area contributed by atoms with Crippen molar-refractivity contribution in [3.05, 3.63) is 30.1 Å². The highest BCUT2D eigenvalue weighted by molar-refractivity contribution is 5.92. The van der Waals surface area contributed by atoms with Gasteiger partial charge in [-0.15, -0.1) is 0 Å². The molecule has 1 saturated carbocycles. The molecule has 1 aliphatic heterocycles. The van der Waals surface area contributed by atoms with Gasteiger partial charge in [-0.2, -0.15) is 0 Å². The Morgan fingerprint density at radius 2 is 2.03 bits per heavy atom. The highest BCUT2D eigenvalue weighted by Crippen LogP contribution is 2.65. The highest BCUT2D eigenvalue weighted by atomic mass is 16.5. The van der Waals surface area contributed by atoms with E-state index < -0.39 is 17.5 Å². The van der Waals surface area contributed by atoms with Crippen LogP contribution in [0.1, 0.15) is 40.2 Å². The van der Waals surface area contributed by atoms with Crippen molar-refractivity contribution in [3.63, 3.8) is 0 Å². The number of carbonyl (C=O) groups is 3. The summed E-state index contributed by atoms with van der Waals surface area (Å²) in [5, 5.41) is 2.90. The highest BCUT2D eigenvalue weighted by Gasteiger charge is 2.70. The van der Waals surface area contributed by atoms with Crippen LogP contribution in [-0.4, -0.2) is 53.4 Å². The first-order valence-electron chi connectivity index (χ1n) is 10.0. The molecule has 7 nitrogen and oxygen atoms in total. The summed E-state index contributed by atoms with van der Waals surface area (Å²) < 4.78 is 5.00. The summed E-state index contributed by atoms with van der Waals surface area (Å²) in [7, 11) is 1.35. The summed E-state index contributed by atoms with van der Waals surface area (Å²) in [5.74, 6) is -0.473. The number of likely N-dealkylation sites (tertiary alicyclic amines) is 1. The average Bonchev–Trinajstić information content (AvgIpc) is 3.00. The standard InChI is InChI=1S/C22H31N3O4/c1-21(2,3)18(24-15(26)10-13-8-7-9-23-11-13)19(27)25-12-14-16(22(14,4)5)17(25)20(28)29-6/h7-9,11,14,16-18H,10,12H2,1-6H3,(H,24,26)/t14-,16-,17-,18+/m0/s1. The Bertz CT molecular complexity index is 800. The van der Waals surface area contributed by atoms with Gasteiger partial charge in [-0.25, -0.2) is 4.79 Å². The Morgan fingerprint density at radius 3 is 2.59 bits per heavy atom. The van der Waals surface area contributed by atoms with Crippen LogP contribution in [0.25, 0.3) is 0 Å². The SMILES string of the molecule is COC(=O)[C@@H]1[C@@H]2[C@H](CN1C(=O)[C@@H](NC(=O)Cc1cccnc1)C(C)(C)C)C2(C)C. The topological polar surface area (TPSA) is 88.6 Å². The first-order chi connectivity index (χ1) is 13.5. The van der Waals surface area contributed by atoms with Gasteiger partial charge in [0.2, 0.25) is 11.8 Å². The third-order valence-electron chi connectivity index (χ3n) is 6.44. The minimum Gasteiger partial charge on any atom is -0.467 e. The molecule has 0 bridgehead atoms. The number of amides is 2. The van der Waals surface area contributed by atoms with Gasteiger partial charge >= 0.3 is 5.97 Å². The second kappa shape index (κ2) is 7.43. The lowest BCUT2D eigenvalue weighted by molar-refractivity contribution is -0.155. The second-order valence-electron chi connectivity index (χ2n) is 9.82. The summed E-state index contributed by atoms with van der Waals surface area (Å²) >= 11 is 0. The van der Waals surface area contributed by atoms with Gasteiger partial charge in [0.15, 0.2) is 0 Å². The van der Waals surface area contributed by atoms with Crippen LogP contribution in [0.3, 0.4) is 0 Å². The molecule has 2 aliphatic rings. The molecule has 1 aromatic rings. The maximum Gasteiger partial charge on any atom is 0.328 e. The van der Waals surface area contributed by atoms with E-state index in [9.17, 15) is 14.4 Å². The Balaban J connectivity index is 1.77. The first-order valence-corrected chi connectivity index (χ1v) is 10.0. The van der Waals surface area contributed by atoms with Crippen molar-refractivity contribution in [1.82, 2.24) is 15.2 Å². The largest absolute Gasteiger partial charge is 0.467 e. The molecule has 29 heavy (non-hydrogen) atoms. The number of rotatable bonds is 5. The number of aromatic nitrogens is 1. The number of carbonyl (C=O) groups excluding carboxylic acids is 3. The van der Waals surface area contributed by atoms with Gasteiger partial charge in [0.1, 0.15) is 12.1 Å². The number of hydrogen-bond donors (Lipinski definition) is 1. The normalized spacial score (nSPS) is 25.7. The number of hydrogen-bond acceptors (Lipinski definition) is 5. The van der Waals surface area contributed by atoms with E-state index in [1.807, 2.05) is 26.8 Å². The molecule has 0 unspecified atom stereocenters. The molecular formula is C22H31N3O4. The van der Waals surface area contributed by atoms with Crippen LogP contribution < -0.4 is 5.32 Å². The van der Waals surface area contributed by atoms with Crippen LogP contribution in [0.5, 0.6) is 0 Å². The van der Waals surface area contributed by atoms with Crippen LogP contribution in [0.15, 0.2) is 24.5 Å². The third-order valence-corrected chi connectivity index (χ3v) is 6.44. The molecule has 0 spiro atoms. The van der Waals surface area contributed by atoms with Crippen LogP contribution in [0, 0.1) is 22.7 Å². The van der Waals surface area contributed by atoms with E-state index in [2.05, 4.69) is 24.1 Å². The molecule has 0 radical (unpaired) electrons. The smallest absolute Gasteiger partial charge is 0.328 e. The Hall–Kier alpha value is -2.44. The number of nitrogens with one attached hydrogen (secondary N) is 1. The molecule has 1 saturated heterocycles. The molecule has 158 valence electrons. The lowest BCUT2D eigenvalue weighted by Gasteiger charge is -2.37. The van der Waals surface area contributed by atoms with Crippen LogP contribution >= 0.6 is 0 Å². The summed E-state index contributed by atoms with van der Waals surface area (Å²) in [5.41, 5.74) is 0.294. The number of ether oxygens (including phenoxy) is 1. The first kappa shape index (κ1) is 21.3. The molecular weight excluding hydrogens is 370 g/mol. The fourth-order valence-corrected chi connectivity index (χ4v) is 4.62. The monoisotopic (exact) mass is 401 g/mol. The van der Waals surface area contributed by atoms with Crippen LogP contribution in [0.2, 0.25) is 0 Å². The van der Waals surface area contributed by atoms with E-state index in [1.165, 1.54) is 7.11 Å². The van der Waals surface area contributed by atoms with E-state index in [1.54, 1.807) is 23.4 Å². The van der Waals surface area contributed by atoms with E-state index in [4.69, 9.17) is 4.74 Å². The fourth-order valence-electron chi connectivity index (χ4n) is 4.62. The van der Waals surface area contributed by atoms with E-state index in [0.717, 1.165) is 5.56 Å². The zero-order valence-corrected chi connectivity index (χ0v) is 18.1. The van der Waals surface area contributed by atoms with Gasteiger partial charge in [-0.3, -0.25) is 14.6 Å². The molecule has 2 amide bonds. The molecule has 2 fully saturated rings. The minimum atomic E-state index is -0.737. The number of pyridine rings is 1. The predicted octanol–water partition coefficient (Wildman–Crippen LogP) is 1.81. The van der Waals surface area contributed by atoms with Gasteiger partial charge in [0, 0.05) is 24.9 Å². The number of methoxy groups -OCH3 is 1. The van der Waals surface area contributed by atoms with Crippen LogP contribution in [-0.2, 0) is 25.5 Å². The van der Waals surface area contributed by atoms with Crippen molar-refractivity contribution in [2.24, 2.45) is 22.7 Å². The lowest BCUT2D eigenvalue weighted by atomic mass is 9.85. The Morgan fingerprint density at radius 1 is 1.34 bits per heavy atom. The molecule has 1 aliphatic carbocycles. The maximum absolute atomic E-state index is 13.5. The van der Waals surface area contributed by atoms with Crippen molar-refractivity contribution in [2.45, 2.75) is 53.1 Å². The molecule has 1 N–H and O–H groups in total. The number of fused-ring (bicyclic) bond motifs is 1. The summed E-state index contributed by atoms with van der Waals surface area (Å²) in [6.07, 6.45) is 3.43. The number of esters is 1. The zero-order chi connectivity index (χ0) is 21.6. The minimum absolute atomic E-state index is 0.0242. The summed E-state index contributed by atoms with van der Waals surface area (Å²) in [4.78, 5) is 44.2. The molecule has 2 heterocycles. The van der Waals surface area contributed by atoms with Crippen LogP contribution in [0.4, 0.5) is 0 Å². The molecule has 3 rings (SSSR count). The molecule has 0 aromatic carbocycles. The number of nitrogens with zero attached hydrogens (tertiary/aromatic N) is 2. The average molecular weight is 402 g/mol. The Labute approximate surface area is 172 Å². The van der Waals surface area contributed by atoms with Crippen molar-refractivity contribution < 1.29 is 19.1 Å². The van der Waals surface area contributed by atoms with E-state index in [-0.39, 0.29) is 41.5 Å². The molecule has 1 aromatic heterocycles. The number of piperidine rings is 1. The molecule has 7 heteroatoms. The van der Waals surface area contributed by atoms with Crippen molar-refractivity contribution in [2.75, 3.05) is 13.7 Å². The van der Waals surface area contributed by atoms with Gasteiger partial charge in [0.05, 0.1) is 13.5 Å². The van der Waals surface area contributed by atoms with Crippen molar-refractivity contribution in [3.8, 4) is 0 Å². The zero-order valence-electron chi connectivity index (χ0n) is 18.1. The van der Waals surface area contributed by atoms with Gasteiger partial charge in [-0.05, 0) is 28.4 Å². The molecule has 4 atom stereocenters. The fraction of sp³-hybridized carbons (Fsp3) is 0.636. The van der Waals surface area contributed by atoms with Crippen molar-refractivity contribution >= 4 is 17.8 Å².